The molecule has 1 saturated heterocycles. The standard InChI is InChI=1S/C14H16N2O2S/c1-9(2)14(8-10-6-4-3-5-7-10)11(17)15-13(19)16-12(14)18/h3-7,9H,8H2,1-2H3,(H2,15,16,17,18,19). The smallest absolute Gasteiger partial charge is 0.242 e. The minimum absolute atomic E-state index is 0.0827. The summed E-state index contributed by atoms with van der Waals surface area (Å²) >= 11 is 4.85. The van der Waals surface area contributed by atoms with Crippen LogP contribution in [0.5, 0.6) is 0 Å². The Bertz CT molecular complexity index is 506. The van der Waals surface area contributed by atoms with Gasteiger partial charge in [-0.3, -0.25) is 9.59 Å². The number of carbonyl (C=O) groups is 2. The van der Waals surface area contributed by atoms with Gasteiger partial charge >= 0.3 is 0 Å². The summed E-state index contributed by atoms with van der Waals surface area (Å²) in [6, 6.07) is 9.52. The van der Waals surface area contributed by atoms with Gasteiger partial charge in [-0.05, 0) is 30.1 Å². The van der Waals surface area contributed by atoms with Crippen LogP contribution in [-0.2, 0) is 16.0 Å². The molecular weight excluding hydrogens is 260 g/mol. The van der Waals surface area contributed by atoms with Gasteiger partial charge in [0.25, 0.3) is 0 Å². The van der Waals surface area contributed by atoms with Gasteiger partial charge in [0.15, 0.2) is 5.11 Å². The lowest BCUT2D eigenvalue weighted by Gasteiger charge is -2.38. The van der Waals surface area contributed by atoms with Crippen molar-refractivity contribution in [3.05, 3.63) is 35.9 Å². The Morgan fingerprint density at radius 2 is 1.63 bits per heavy atom. The molecule has 2 amide bonds. The van der Waals surface area contributed by atoms with E-state index in [1.807, 2.05) is 44.2 Å². The van der Waals surface area contributed by atoms with Crippen molar-refractivity contribution < 1.29 is 9.59 Å². The predicted molar refractivity (Wildman–Crippen MR) is 76.3 cm³/mol. The van der Waals surface area contributed by atoms with Gasteiger partial charge < -0.3 is 10.6 Å². The molecule has 0 atom stereocenters. The first-order valence-electron chi connectivity index (χ1n) is 6.17. The molecule has 0 bridgehead atoms. The van der Waals surface area contributed by atoms with E-state index in [2.05, 4.69) is 10.6 Å². The topological polar surface area (TPSA) is 58.2 Å². The van der Waals surface area contributed by atoms with Crippen LogP contribution >= 0.6 is 12.2 Å². The van der Waals surface area contributed by atoms with Crippen molar-refractivity contribution in [1.82, 2.24) is 10.6 Å². The van der Waals surface area contributed by atoms with Crippen molar-refractivity contribution >= 4 is 29.1 Å². The molecular formula is C14H16N2O2S. The zero-order valence-corrected chi connectivity index (χ0v) is 11.7. The minimum atomic E-state index is -1.11. The predicted octanol–water partition coefficient (Wildman–Crippen LogP) is 1.40. The number of rotatable bonds is 3. The molecule has 1 fully saturated rings. The molecule has 4 nitrogen and oxygen atoms in total. The molecule has 2 rings (SSSR count). The van der Waals surface area contributed by atoms with Gasteiger partial charge in [0.2, 0.25) is 11.8 Å². The number of thiocarbonyl (C=S) groups is 1. The number of benzene rings is 1. The summed E-state index contributed by atoms with van der Waals surface area (Å²) in [6.07, 6.45) is 0.367. The maximum absolute atomic E-state index is 12.3. The Morgan fingerprint density at radius 1 is 1.11 bits per heavy atom. The van der Waals surface area contributed by atoms with Gasteiger partial charge in [-0.25, -0.2) is 0 Å². The van der Waals surface area contributed by atoms with Crippen molar-refractivity contribution in [2.24, 2.45) is 11.3 Å². The third-order valence-electron chi connectivity index (χ3n) is 3.58. The number of nitrogens with one attached hydrogen (secondary N) is 2. The molecule has 0 unspecified atom stereocenters. The van der Waals surface area contributed by atoms with Crippen molar-refractivity contribution in [2.75, 3.05) is 0 Å². The summed E-state index contributed by atoms with van der Waals surface area (Å²) < 4.78 is 0. The van der Waals surface area contributed by atoms with Gasteiger partial charge in [-0.2, -0.15) is 0 Å². The highest BCUT2D eigenvalue weighted by atomic mass is 32.1. The Balaban J connectivity index is 2.40. The Morgan fingerprint density at radius 3 is 2.11 bits per heavy atom. The lowest BCUT2D eigenvalue weighted by Crippen LogP contribution is -2.65. The SMILES string of the molecule is CC(C)C1(Cc2ccccc2)C(=O)NC(=S)NC1=O. The maximum atomic E-state index is 12.3. The van der Waals surface area contributed by atoms with E-state index in [1.165, 1.54) is 0 Å². The van der Waals surface area contributed by atoms with E-state index in [0.29, 0.717) is 6.42 Å². The lowest BCUT2D eigenvalue weighted by molar-refractivity contribution is -0.146. The Hall–Kier alpha value is -1.75. The molecule has 5 heteroatoms. The second kappa shape index (κ2) is 5.09. The number of amides is 2. The summed E-state index contributed by atoms with van der Waals surface area (Å²) in [5.74, 6) is -0.768. The summed E-state index contributed by atoms with van der Waals surface area (Å²) in [5.41, 5.74) is -0.154. The molecule has 100 valence electrons. The van der Waals surface area contributed by atoms with Crippen LogP contribution in [0.4, 0.5) is 0 Å². The maximum Gasteiger partial charge on any atom is 0.242 e. The van der Waals surface area contributed by atoms with Gasteiger partial charge in [0, 0.05) is 0 Å². The number of hydrogen-bond donors (Lipinski definition) is 2. The van der Waals surface area contributed by atoms with Crippen LogP contribution in [0.25, 0.3) is 0 Å². The Labute approximate surface area is 117 Å². The highest BCUT2D eigenvalue weighted by molar-refractivity contribution is 7.80. The molecule has 0 aromatic heterocycles. The lowest BCUT2D eigenvalue weighted by atomic mass is 9.70. The highest BCUT2D eigenvalue weighted by Crippen LogP contribution is 2.34. The molecule has 0 spiro atoms. The number of carbonyl (C=O) groups excluding carboxylic acids is 2. The van der Waals surface area contributed by atoms with E-state index in [0.717, 1.165) is 5.56 Å². The zero-order valence-electron chi connectivity index (χ0n) is 10.9. The van der Waals surface area contributed by atoms with E-state index < -0.39 is 5.41 Å². The average molecular weight is 276 g/mol. The van der Waals surface area contributed by atoms with Crippen molar-refractivity contribution in [2.45, 2.75) is 20.3 Å². The van der Waals surface area contributed by atoms with Crippen LogP contribution in [0.1, 0.15) is 19.4 Å². The fourth-order valence-corrected chi connectivity index (χ4v) is 2.56. The molecule has 19 heavy (non-hydrogen) atoms. The van der Waals surface area contributed by atoms with E-state index in [9.17, 15) is 9.59 Å². The fourth-order valence-electron chi connectivity index (χ4n) is 2.37. The van der Waals surface area contributed by atoms with E-state index >= 15 is 0 Å². The van der Waals surface area contributed by atoms with Crippen LogP contribution in [0.2, 0.25) is 0 Å². The first-order chi connectivity index (χ1) is 8.96. The summed E-state index contributed by atoms with van der Waals surface area (Å²) in [4.78, 5) is 24.6. The molecule has 1 aliphatic rings. The quantitative estimate of drug-likeness (QED) is 0.648. The largest absolute Gasteiger partial charge is 0.302 e. The number of hydrogen-bond acceptors (Lipinski definition) is 3. The summed E-state index contributed by atoms with van der Waals surface area (Å²) in [6.45, 7) is 3.74. The first kappa shape index (κ1) is 13.7. The van der Waals surface area contributed by atoms with Crippen LogP contribution in [0, 0.1) is 11.3 Å². The van der Waals surface area contributed by atoms with Crippen LogP contribution in [0.15, 0.2) is 30.3 Å². The van der Waals surface area contributed by atoms with Crippen molar-refractivity contribution in [3.8, 4) is 0 Å². The van der Waals surface area contributed by atoms with Gasteiger partial charge in [-0.15, -0.1) is 0 Å². The fraction of sp³-hybridized carbons (Fsp3) is 0.357. The van der Waals surface area contributed by atoms with Crippen molar-refractivity contribution in [1.29, 1.82) is 0 Å². The summed E-state index contributed by atoms with van der Waals surface area (Å²) in [7, 11) is 0. The molecule has 0 saturated carbocycles. The van der Waals surface area contributed by atoms with Gasteiger partial charge in [0.05, 0.1) is 0 Å². The normalized spacial score (nSPS) is 18.2. The minimum Gasteiger partial charge on any atom is -0.302 e. The third-order valence-corrected chi connectivity index (χ3v) is 3.78. The zero-order chi connectivity index (χ0) is 14.0. The molecule has 0 aliphatic carbocycles. The van der Waals surface area contributed by atoms with Crippen molar-refractivity contribution in [3.63, 3.8) is 0 Å². The summed E-state index contributed by atoms with van der Waals surface area (Å²) in [5, 5.41) is 5.21. The average Bonchev–Trinajstić information content (AvgIpc) is 2.34. The van der Waals surface area contributed by atoms with E-state index in [-0.39, 0.29) is 22.8 Å². The van der Waals surface area contributed by atoms with E-state index in [1.54, 1.807) is 0 Å². The molecule has 1 aromatic carbocycles. The third kappa shape index (κ3) is 2.38. The first-order valence-corrected chi connectivity index (χ1v) is 6.58. The van der Waals surface area contributed by atoms with Gasteiger partial charge in [0.1, 0.15) is 5.41 Å². The van der Waals surface area contributed by atoms with Crippen LogP contribution < -0.4 is 10.6 Å². The molecule has 0 radical (unpaired) electrons. The van der Waals surface area contributed by atoms with E-state index in [4.69, 9.17) is 12.2 Å². The molecule has 1 aromatic rings. The second-order valence-corrected chi connectivity index (χ2v) is 5.43. The molecule has 1 heterocycles. The van der Waals surface area contributed by atoms with Crippen LogP contribution in [-0.4, -0.2) is 16.9 Å². The van der Waals surface area contributed by atoms with Crippen LogP contribution in [0.3, 0.4) is 0 Å². The highest BCUT2D eigenvalue weighted by Gasteiger charge is 2.51. The van der Waals surface area contributed by atoms with Gasteiger partial charge in [-0.1, -0.05) is 44.2 Å². The molecule has 1 aliphatic heterocycles. The second-order valence-electron chi connectivity index (χ2n) is 5.03. The Kier molecular flexibility index (Phi) is 3.66. The monoisotopic (exact) mass is 276 g/mol. The molecule has 2 N–H and O–H groups in total.